The molecular formula is C27H29Cl3F3N3O3. The maximum absolute atomic E-state index is 14.0. The van der Waals surface area contributed by atoms with Gasteiger partial charge in [-0.3, -0.25) is 9.59 Å². The quantitative estimate of drug-likeness (QED) is 0.447. The molecule has 1 atom stereocenters. The Balaban J connectivity index is 1.32. The minimum atomic E-state index is -5.25. The van der Waals surface area contributed by atoms with Crippen LogP contribution in [0, 0.1) is 11.8 Å². The summed E-state index contributed by atoms with van der Waals surface area (Å²) in [6.07, 6.45) is -2.71. The summed E-state index contributed by atoms with van der Waals surface area (Å²) in [6.45, 7) is 1.84. The number of hydrogen-bond donors (Lipinski definition) is 1. The van der Waals surface area contributed by atoms with Gasteiger partial charge >= 0.3 is 6.18 Å². The zero-order valence-corrected chi connectivity index (χ0v) is 23.7. The van der Waals surface area contributed by atoms with E-state index in [-0.39, 0.29) is 35.0 Å². The highest BCUT2D eigenvalue weighted by atomic mass is 35.5. The lowest BCUT2D eigenvalue weighted by atomic mass is 9.82. The molecule has 1 N–H and O–H groups in total. The maximum atomic E-state index is 14.0. The third-order valence-electron chi connectivity index (χ3n) is 7.48. The van der Waals surface area contributed by atoms with Crippen molar-refractivity contribution in [1.82, 2.24) is 9.80 Å². The summed E-state index contributed by atoms with van der Waals surface area (Å²) in [5.41, 5.74) is -3.05. The standard InChI is InChI=1S/C27H29Cl3F3N3O3/c1-34(2)24(37)22-4-3-21(13-23(22)30)35-7-5-16(6-8-35)9-17-14-36(15-17)25(38)26(39,27(31,32)33)18-10-19(28)12-20(29)11-18/h3-4,10-13,16-17,39H,5-9,14-15H2,1-2H3. The predicted molar refractivity (Wildman–Crippen MR) is 146 cm³/mol. The Morgan fingerprint density at radius 2 is 1.56 bits per heavy atom. The number of alkyl halides is 3. The zero-order chi connectivity index (χ0) is 28.7. The highest BCUT2D eigenvalue weighted by Gasteiger charge is 2.63. The second kappa shape index (κ2) is 11.4. The fraction of sp³-hybridized carbons (Fsp3) is 0.481. The molecule has 0 saturated carbocycles. The first-order valence-electron chi connectivity index (χ1n) is 12.5. The fourth-order valence-corrected chi connectivity index (χ4v) is 6.08. The zero-order valence-electron chi connectivity index (χ0n) is 21.4. The number of benzene rings is 2. The molecule has 2 amide bonds. The summed E-state index contributed by atoms with van der Waals surface area (Å²) in [4.78, 5) is 29.8. The van der Waals surface area contributed by atoms with Gasteiger partial charge in [-0.25, -0.2) is 0 Å². The van der Waals surface area contributed by atoms with Gasteiger partial charge in [0.15, 0.2) is 0 Å². The molecule has 2 aliphatic heterocycles. The number of likely N-dealkylation sites (tertiary alicyclic amines) is 1. The average Bonchev–Trinajstić information content (AvgIpc) is 2.83. The van der Waals surface area contributed by atoms with Crippen LogP contribution in [0.5, 0.6) is 0 Å². The van der Waals surface area contributed by atoms with Gasteiger partial charge in [0.1, 0.15) is 0 Å². The van der Waals surface area contributed by atoms with Crippen molar-refractivity contribution in [2.24, 2.45) is 11.8 Å². The van der Waals surface area contributed by atoms with Crippen molar-refractivity contribution in [1.29, 1.82) is 0 Å². The van der Waals surface area contributed by atoms with Crippen molar-refractivity contribution in [2.75, 3.05) is 45.2 Å². The normalized spacial score (nSPS) is 18.5. The molecule has 2 fully saturated rings. The lowest BCUT2D eigenvalue weighted by Gasteiger charge is -2.45. The Bertz CT molecular complexity index is 1230. The second-order valence-electron chi connectivity index (χ2n) is 10.5. The third-order valence-corrected chi connectivity index (χ3v) is 8.23. The Morgan fingerprint density at radius 1 is 0.974 bits per heavy atom. The lowest BCUT2D eigenvalue weighted by molar-refractivity contribution is -0.264. The van der Waals surface area contributed by atoms with E-state index < -0.39 is 23.2 Å². The maximum Gasteiger partial charge on any atom is 0.430 e. The molecule has 0 radical (unpaired) electrons. The van der Waals surface area contributed by atoms with E-state index in [2.05, 4.69) is 4.90 Å². The van der Waals surface area contributed by atoms with Crippen LogP contribution in [-0.4, -0.2) is 73.2 Å². The summed E-state index contributed by atoms with van der Waals surface area (Å²) >= 11 is 18.0. The van der Waals surface area contributed by atoms with Gasteiger partial charge in [-0.1, -0.05) is 34.8 Å². The van der Waals surface area contributed by atoms with E-state index in [1.165, 1.54) is 11.0 Å². The van der Waals surface area contributed by atoms with E-state index in [9.17, 15) is 27.9 Å². The first-order chi connectivity index (χ1) is 18.2. The van der Waals surface area contributed by atoms with E-state index in [4.69, 9.17) is 34.8 Å². The molecule has 1 unspecified atom stereocenters. The van der Waals surface area contributed by atoms with Crippen molar-refractivity contribution in [2.45, 2.75) is 31.0 Å². The number of halogens is 6. The Morgan fingerprint density at radius 3 is 2.08 bits per heavy atom. The van der Waals surface area contributed by atoms with Crippen LogP contribution in [0.2, 0.25) is 15.1 Å². The number of carbonyl (C=O) groups excluding carboxylic acids is 2. The molecule has 2 saturated heterocycles. The number of rotatable bonds is 6. The van der Waals surface area contributed by atoms with Crippen molar-refractivity contribution in [3.05, 3.63) is 62.6 Å². The van der Waals surface area contributed by atoms with Crippen LogP contribution in [-0.2, 0) is 10.4 Å². The van der Waals surface area contributed by atoms with Crippen LogP contribution < -0.4 is 4.90 Å². The van der Waals surface area contributed by atoms with Crippen molar-refractivity contribution >= 4 is 52.3 Å². The van der Waals surface area contributed by atoms with E-state index >= 15 is 0 Å². The van der Waals surface area contributed by atoms with Gasteiger partial charge in [0.25, 0.3) is 17.4 Å². The van der Waals surface area contributed by atoms with E-state index in [0.717, 1.165) is 55.1 Å². The molecule has 12 heteroatoms. The fourth-order valence-electron chi connectivity index (χ4n) is 5.30. The molecule has 39 heavy (non-hydrogen) atoms. The van der Waals surface area contributed by atoms with Crippen LogP contribution in [0.4, 0.5) is 18.9 Å². The molecule has 0 aromatic heterocycles. The van der Waals surface area contributed by atoms with Crippen LogP contribution in [0.25, 0.3) is 0 Å². The van der Waals surface area contributed by atoms with E-state index in [1.807, 2.05) is 6.07 Å². The monoisotopic (exact) mass is 605 g/mol. The molecule has 2 aromatic carbocycles. The lowest BCUT2D eigenvalue weighted by Crippen LogP contribution is -2.61. The Hall–Kier alpha value is -2.20. The molecule has 2 aromatic rings. The van der Waals surface area contributed by atoms with Crippen LogP contribution in [0.3, 0.4) is 0 Å². The van der Waals surface area contributed by atoms with E-state index in [0.29, 0.717) is 16.5 Å². The number of hydrogen-bond acceptors (Lipinski definition) is 4. The largest absolute Gasteiger partial charge is 0.430 e. The highest BCUT2D eigenvalue weighted by Crippen LogP contribution is 2.44. The number of piperidine rings is 1. The SMILES string of the molecule is CN(C)C(=O)c1ccc(N2CCC(CC3CN(C(=O)C(O)(c4cc(Cl)cc(Cl)c4)C(F)(F)F)C3)CC2)cc1Cl. The van der Waals surface area contributed by atoms with Crippen LogP contribution in [0.1, 0.15) is 35.2 Å². The topological polar surface area (TPSA) is 64.1 Å². The van der Waals surface area contributed by atoms with Gasteiger partial charge in [0.2, 0.25) is 0 Å². The van der Waals surface area contributed by atoms with Gasteiger partial charge in [-0.05, 0) is 67.5 Å². The van der Waals surface area contributed by atoms with Gasteiger partial charge in [0.05, 0.1) is 10.6 Å². The number of nitrogens with zero attached hydrogens (tertiary/aromatic N) is 3. The summed E-state index contributed by atoms with van der Waals surface area (Å²) in [7, 11) is 3.33. The smallest absolute Gasteiger partial charge is 0.371 e. The molecule has 2 heterocycles. The summed E-state index contributed by atoms with van der Waals surface area (Å²) in [5.74, 6) is -1.17. The Kier molecular flexibility index (Phi) is 8.67. The molecule has 212 valence electrons. The molecule has 0 spiro atoms. The highest BCUT2D eigenvalue weighted by molar-refractivity contribution is 6.35. The molecular weight excluding hydrogens is 578 g/mol. The first-order valence-corrected chi connectivity index (χ1v) is 13.6. The van der Waals surface area contributed by atoms with Gasteiger partial charge in [-0.15, -0.1) is 0 Å². The summed E-state index contributed by atoms with van der Waals surface area (Å²) < 4.78 is 41.9. The van der Waals surface area contributed by atoms with E-state index in [1.54, 1.807) is 26.2 Å². The number of anilines is 1. The van der Waals surface area contributed by atoms with Crippen LogP contribution >= 0.6 is 34.8 Å². The molecule has 6 nitrogen and oxygen atoms in total. The minimum Gasteiger partial charge on any atom is -0.371 e. The van der Waals surface area contributed by atoms with Gasteiger partial charge < -0.3 is 19.8 Å². The average molecular weight is 607 g/mol. The number of aliphatic hydroxyl groups is 1. The minimum absolute atomic E-state index is 0.0525. The molecule has 0 bridgehead atoms. The molecule has 0 aliphatic carbocycles. The van der Waals surface area contributed by atoms with Crippen molar-refractivity contribution in [3.63, 3.8) is 0 Å². The second-order valence-corrected chi connectivity index (χ2v) is 11.8. The molecule has 4 rings (SSSR count). The van der Waals surface area contributed by atoms with Crippen molar-refractivity contribution in [3.8, 4) is 0 Å². The van der Waals surface area contributed by atoms with Gasteiger partial charge in [-0.2, -0.15) is 13.2 Å². The predicted octanol–water partition coefficient (Wildman–Crippen LogP) is 5.86. The first kappa shape index (κ1) is 29.8. The third kappa shape index (κ3) is 6.11. The Labute approximate surface area is 240 Å². The van der Waals surface area contributed by atoms with Crippen molar-refractivity contribution < 1.29 is 27.9 Å². The van der Waals surface area contributed by atoms with Gasteiger partial charge in [0, 0.05) is 61.6 Å². The number of carbonyl (C=O) groups is 2. The number of amides is 2. The van der Waals surface area contributed by atoms with Crippen LogP contribution in [0.15, 0.2) is 36.4 Å². The summed E-state index contributed by atoms with van der Waals surface area (Å²) in [5, 5.41) is 10.8. The summed E-state index contributed by atoms with van der Waals surface area (Å²) in [6, 6.07) is 8.45. The molecule has 2 aliphatic rings.